The molecule has 0 aliphatic carbocycles. The topological polar surface area (TPSA) is 111 Å². The molecule has 138 valence electrons. The Kier molecular flexibility index (Phi) is 4.98. The van der Waals surface area contributed by atoms with Crippen LogP contribution >= 0.6 is 0 Å². The largest absolute Gasteiger partial charge is 0.341 e. The predicted molar refractivity (Wildman–Crippen MR) is 98.2 cm³/mol. The molecule has 0 bridgehead atoms. The second-order valence-corrected chi connectivity index (χ2v) is 6.26. The van der Waals surface area contributed by atoms with E-state index in [4.69, 9.17) is 4.52 Å². The number of hydrogen-bond donors (Lipinski definition) is 1. The number of hydrogen-bond acceptors (Lipinski definition) is 6. The van der Waals surface area contributed by atoms with Gasteiger partial charge in [0.15, 0.2) is 0 Å². The number of nitro benzene ring substituents is 1. The zero-order valence-electron chi connectivity index (χ0n) is 15.1. The predicted octanol–water partition coefficient (Wildman–Crippen LogP) is 3.75. The van der Waals surface area contributed by atoms with Crippen LogP contribution in [0.3, 0.4) is 0 Å². The summed E-state index contributed by atoms with van der Waals surface area (Å²) < 4.78 is 5.22. The maximum atomic E-state index is 12.4. The van der Waals surface area contributed by atoms with Gasteiger partial charge in [0, 0.05) is 23.3 Å². The Bertz CT molecular complexity index is 1010. The number of rotatable bonds is 5. The van der Waals surface area contributed by atoms with Crippen LogP contribution in [0.15, 0.2) is 47.0 Å². The summed E-state index contributed by atoms with van der Waals surface area (Å²) in [5.41, 5.74) is 3.09. The van der Waals surface area contributed by atoms with Crippen LogP contribution in [-0.4, -0.2) is 21.0 Å². The van der Waals surface area contributed by atoms with Gasteiger partial charge in [0.1, 0.15) is 6.04 Å². The van der Waals surface area contributed by atoms with Gasteiger partial charge in [-0.25, -0.2) is 0 Å². The van der Waals surface area contributed by atoms with Crippen LogP contribution in [0.5, 0.6) is 0 Å². The van der Waals surface area contributed by atoms with Gasteiger partial charge in [0.2, 0.25) is 11.7 Å². The van der Waals surface area contributed by atoms with Crippen LogP contribution in [0.25, 0.3) is 11.4 Å². The van der Waals surface area contributed by atoms with Crippen molar-refractivity contribution < 1.29 is 14.2 Å². The van der Waals surface area contributed by atoms with Crippen molar-refractivity contribution in [3.8, 4) is 11.4 Å². The molecule has 0 saturated carbocycles. The van der Waals surface area contributed by atoms with E-state index in [2.05, 4.69) is 15.5 Å². The fraction of sp³-hybridized carbons (Fsp3) is 0.211. The lowest BCUT2D eigenvalue weighted by Gasteiger charge is -2.10. The molecule has 3 rings (SSSR count). The fourth-order valence-electron chi connectivity index (χ4n) is 2.51. The minimum atomic E-state index is -0.515. The number of benzene rings is 2. The zero-order valence-corrected chi connectivity index (χ0v) is 15.1. The smallest absolute Gasteiger partial charge is 0.270 e. The van der Waals surface area contributed by atoms with E-state index in [0.29, 0.717) is 11.1 Å². The number of carbonyl (C=O) groups is 1. The van der Waals surface area contributed by atoms with Gasteiger partial charge in [-0.15, -0.1) is 0 Å². The number of aromatic nitrogens is 2. The van der Waals surface area contributed by atoms with Gasteiger partial charge in [0.05, 0.1) is 4.92 Å². The van der Waals surface area contributed by atoms with Crippen LogP contribution < -0.4 is 5.32 Å². The first kappa shape index (κ1) is 18.2. The van der Waals surface area contributed by atoms with Crippen LogP contribution in [0.2, 0.25) is 0 Å². The van der Waals surface area contributed by atoms with E-state index in [0.717, 1.165) is 11.1 Å². The monoisotopic (exact) mass is 366 g/mol. The first-order valence-corrected chi connectivity index (χ1v) is 8.31. The molecule has 3 aromatic rings. The third kappa shape index (κ3) is 4.00. The lowest BCUT2D eigenvalue weighted by atomic mass is 10.1. The van der Waals surface area contributed by atoms with Gasteiger partial charge >= 0.3 is 0 Å². The molecule has 1 amide bonds. The number of nitrogens with zero attached hydrogens (tertiary/aromatic N) is 3. The second-order valence-electron chi connectivity index (χ2n) is 6.26. The average Bonchev–Trinajstić information content (AvgIpc) is 3.14. The lowest BCUT2D eigenvalue weighted by Crippen LogP contribution is -2.27. The Morgan fingerprint density at radius 1 is 1.19 bits per heavy atom. The molecule has 0 aliphatic rings. The minimum absolute atomic E-state index is 0.0602. The number of nitro groups is 1. The van der Waals surface area contributed by atoms with E-state index in [9.17, 15) is 14.9 Å². The molecule has 0 aliphatic heterocycles. The Morgan fingerprint density at radius 2 is 1.96 bits per heavy atom. The Labute approximate surface area is 155 Å². The van der Waals surface area contributed by atoms with Crippen molar-refractivity contribution in [3.63, 3.8) is 0 Å². The molecule has 0 spiro atoms. The normalized spacial score (nSPS) is 11.8. The standard InChI is InChI=1S/C19H18N4O4/c1-11-7-8-15(9-12(11)2)18(24)20-13(3)19-21-17(22-27-19)14-5-4-6-16(10-14)23(25)26/h4-10,13H,1-3H3,(H,20,24)/t13-/m1/s1. The maximum Gasteiger partial charge on any atom is 0.270 e. The van der Waals surface area contributed by atoms with E-state index in [-0.39, 0.29) is 23.3 Å². The molecule has 2 aromatic carbocycles. The molecule has 0 unspecified atom stereocenters. The van der Waals surface area contributed by atoms with Gasteiger partial charge in [-0.3, -0.25) is 14.9 Å². The van der Waals surface area contributed by atoms with Gasteiger partial charge in [0.25, 0.3) is 11.6 Å². The van der Waals surface area contributed by atoms with Crippen LogP contribution in [0.4, 0.5) is 5.69 Å². The summed E-state index contributed by atoms with van der Waals surface area (Å²) in [4.78, 5) is 27.1. The highest BCUT2D eigenvalue weighted by Crippen LogP contribution is 2.23. The SMILES string of the molecule is Cc1ccc(C(=O)N[C@H](C)c2nc(-c3cccc([N+](=O)[O-])c3)no2)cc1C. The molecule has 1 N–H and O–H groups in total. The molecule has 1 heterocycles. The minimum Gasteiger partial charge on any atom is -0.341 e. The number of non-ortho nitro benzene ring substituents is 1. The number of aryl methyl sites for hydroxylation is 2. The molecule has 27 heavy (non-hydrogen) atoms. The van der Waals surface area contributed by atoms with E-state index in [1.54, 1.807) is 25.1 Å². The second kappa shape index (κ2) is 7.36. The fourth-order valence-corrected chi connectivity index (χ4v) is 2.51. The van der Waals surface area contributed by atoms with Crippen molar-refractivity contribution in [1.29, 1.82) is 0 Å². The quantitative estimate of drug-likeness (QED) is 0.544. The summed E-state index contributed by atoms with van der Waals surface area (Å²) in [5, 5.41) is 17.6. The van der Waals surface area contributed by atoms with Crippen molar-refractivity contribution in [3.05, 3.63) is 75.2 Å². The summed E-state index contributed by atoms with van der Waals surface area (Å²) in [6.07, 6.45) is 0. The van der Waals surface area contributed by atoms with E-state index >= 15 is 0 Å². The summed E-state index contributed by atoms with van der Waals surface area (Å²) >= 11 is 0. The van der Waals surface area contributed by atoms with E-state index in [1.165, 1.54) is 12.1 Å². The third-order valence-electron chi connectivity index (χ3n) is 4.24. The van der Waals surface area contributed by atoms with Crippen molar-refractivity contribution in [2.45, 2.75) is 26.8 Å². The van der Waals surface area contributed by atoms with Gasteiger partial charge in [-0.1, -0.05) is 23.4 Å². The highest BCUT2D eigenvalue weighted by molar-refractivity contribution is 5.94. The molecular formula is C19H18N4O4. The first-order valence-electron chi connectivity index (χ1n) is 8.31. The molecule has 1 aromatic heterocycles. The Balaban J connectivity index is 1.75. The van der Waals surface area contributed by atoms with Gasteiger partial charge in [-0.2, -0.15) is 4.98 Å². The average molecular weight is 366 g/mol. The molecule has 8 nitrogen and oxygen atoms in total. The maximum absolute atomic E-state index is 12.4. The van der Waals surface area contributed by atoms with E-state index < -0.39 is 11.0 Å². The molecule has 0 saturated heterocycles. The Hall–Kier alpha value is -3.55. The van der Waals surface area contributed by atoms with E-state index in [1.807, 2.05) is 26.0 Å². The number of nitrogens with one attached hydrogen (secondary N) is 1. The Morgan fingerprint density at radius 3 is 2.67 bits per heavy atom. The number of carbonyl (C=O) groups excluding carboxylic acids is 1. The van der Waals surface area contributed by atoms with Crippen molar-refractivity contribution in [1.82, 2.24) is 15.5 Å². The molecule has 1 atom stereocenters. The van der Waals surface area contributed by atoms with Crippen molar-refractivity contribution >= 4 is 11.6 Å². The zero-order chi connectivity index (χ0) is 19.6. The summed E-state index contributed by atoms with van der Waals surface area (Å²) in [5.74, 6) is 0.190. The van der Waals surface area contributed by atoms with Crippen molar-refractivity contribution in [2.75, 3.05) is 0 Å². The summed E-state index contributed by atoms with van der Waals surface area (Å²) in [6.45, 7) is 5.65. The highest BCUT2D eigenvalue weighted by Gasteiger charge is 2.19. The molecular weight excluding hydrogens is 348 g/mol. The van der Waals surface area contributed by atoms with Gasteiger partial charge < -0.3 is 9.84 Å². The molecule has 0 radical (unpaired) electrons. The third-order valence-corrected chi connectivity index (χ3v) is 4.24. The van der Waals surface area contributed by atoms with Crippen molar-refractivity contribution in [2.24, 2.45) is 0 Å². The summed E-state index contributed by atoms with van der Waals surface area (Å²) in [6, 6.07) is 10.9. The highest BCUT2D eigenvalue weighted by atomic mass is 16.6. The lowest BCUT2D eigenvalue weighted by molar-refractivity contribution is -0.384. The first-order chi connectivity index (χ1) is 12.8. The van der Waals surface area contributed by atoms with Crippen LogP contribution in [0.1, 0.15) is 40.3 Å². The molecule has 8 heteroatoms. The molecule has 0 fully saturated rings. The van der Waals surface area contributed by atoms with Crippen LogP contribution in [0, 0.1) is 24.0 Å². The summed E-state index contributed by atoms with van der Waals surface area (Å²) in [7, 11) is 0. The van der Waals surface area contributed by atoms with Gasteiger partial charge in [-0.05, 0) is 44.0 Å². The number of amides is 1. The van der Waals surface area contributed by atoms with Crippen LogP contribution in [-0.2, 0) is 0 Å².